The van der Waals surface area contributed by atoms with Crippen molar-refractivity contribution in [1.29, 1.82) is 0 Å². The first-order valence-corrected chi connectivity index (χ1v) is 11.9. The topological polar surface area (TPSA) is 101 Å². The van der Waals surface area contributed by atoms with Gasteiger partial charge < -0.3 is 19.4 Å². The molecular formula is C25H26FN7O3. The summed E-state index contributed by atoms with van der Waals surface area (Å²) in [7, 11) is 2.08. The number of pyridine rings is 1. The molecule has 6 rings (SSSR count). The number of benzene rings is 2. The number of piperazine rings is 1. The monoisotopic (exact) mass is 491 g/mol. The molecule has 0 amide bonds. The number of H-pyrrole nitrogens is 1. The van der Waals surface area contributed by atoms with Crippen LogP contribution in [0.25, 0.3) is 10.9 Å². The van der Waals surface area contributed by atoms with Crippen molar-refractivity contribution in [3.8, 4) is 11.5 Å². The van der Waals surface area contributed by atoms with E-state index >= 15 is 0 Å². The molecule has 0 radical (unpaired) electrons. The van der Waals surface area contributed by atoms with Crippen molar-refractivity contribution in [3.05, 3.63) is 75.6 Å². The SMILES string of the molecule is CN1CCN(C(c2cc3cc4c(cc3[nH]c2=O)OCCO4)c2nnnn2Cc2ccc(F)cc2)CC1. The van der Waals surface area contributed by atoms with E-state index in [0.29, 0.717) is 48.2 Å². The van der Waals surface area contributed by atoms with E-state index in [1.54, 1.807) is 22.9 Å². The average Bonchev–Trinajstić information content (AvgIpc) is 3.33. The molecule has 1 atom stereocenters. The molecule has 2 aromatic heterocycles. The smallest absolute Gasteiger partial charge is 0.253 e. The number of ether oxygens (including phenoxy) is 2. The van der Waals surface area contributed by atoms with Crippen LogP contribution in [0.2, 0.25) is 0 Å². The Morgan fingerprint density at radius 2 is 1.75 bits per heavy atom. The number of tetrazole rings is 1. The molecule has 1 fully saturated rings. The second-order valence-electron chi connectivity index (χ2n) is 9.20. The zero-order chi connectivity index (χ0) is 24.6. The van der Waals surface area contributed by atoms with Crippen LogP contribution in [0.3, 0.4) is 0 Å². The van der Waals surface area contributed by atoms with Crippen LogP contribution in [0.5, 0.6) is 11.5 Å². The molecule has 2 aromatic carbocycles. The van der Waals surface area contributed by atoms with Gasteiger partial charge in [-0.1, -0.05) is 12.1 Å². The zero-order valence-corrected chi connectivity index (χ0v) is 19.9. The molecule has 186 valence electrons. The number of nitrogens with zero attached hydrogens (tertiary/aromatic N) is 6. The van der Waals surface area contributed by atoms with E-state index in [2.05, 4.69) is 37.4 Å². The Bertz CT molecular complexity index is 1440. The molecule has 1 unspecified atom stereocenters. The summed E-state index contributed by atoms with van der Waals surface area (Å²) < 4.78 is 26.6. The Labute approximate surface area is 206 Å². The van der Waals surface area contributed by atoms with Gasteiger partial charge in [-0.05, 0) is 47.3 Å². The van der Waals surface area contributed by atoms with Gasteiger partial charge in [0.2, 0.25) is 0 Å². The largest absolute Gasteiger partial charge is 0.486 e. The predicted octanol–water partition coefficient (Wildman–Crippen LogP) is 1.81. The highest BCUT2D eigenvalue weighted by atomic mass is 19.1. The van der Waals surface area contributed by atoms with E-state index in [4.69, 9.17) is 9.47 Å². The summed E-state index contributed by atoms with van der Waals surface area (Å²) in [4.78, 5) is 21.0. The Hall–Kier alpha value is -3.83. The molecule has 2 aliphatic heterocycles. The first-order chi connectivity index (χ1) is 17.5. The van der Waals surface area contributed by atoms with Crippen LogP contribution < -0.4 is 15.0 Å². The van der Waals surface area contributed by atoms with Gasteiger partial charge in [0.05, 0.1) is 12.1 Å². The standard InChI is InChI=1S/C25H26FN7O3/c1-31-6-8-32(9-7-31)23(24-28-29-30-33(24)15-16-2-4-18(26)5-3-16)19-12-17-13-21-22(36-11-10-35-21)14-20(17)27-25(19)34/h2-5,12-14,23H,6-11,15H2,1H3,(H,27,34). The van der Waals surface area contributed by atoms with Crippen LogP contribution in [0, 0.1) is 5.82 Å². The maximum Gasteiger partial charge on any atom is 0.253 e. The van der Waals surface area contributed by atoms with Crippen molar-refractivity contribution < 1.29 is 13.9 Å². The minimum absolute atomic E-state index is 0.209. The normalized spacial score (nSPS) is 17.4. The summed E-state index contributed by atoms with van der Waals surface area (Å²) in [6.45, 7) is 4.55. The summed E-state index contributed by atoms with van der Waals surface area (Å²) in [5, 5.41) is 13.4. The highest BCUT2D eigenvalue weighted by Crippen LogP contribution is 2.35. The highest BCUT2D eigenvalue weighted by Gasteiger charge is 2.32. The number of hydrogen-bond acceptors (Lipinski definition) is 8. The van der Waals surface area contributed by atoms with Crippen molar-refractivity contribution >= 4 is 10.9 Å². The van der Waals surface area contributed by atoms with Crippen molar-refractivity contribution in [3.63, 3.8) is 0 Å². The van der Waals surface area contributed by atoms with Gasteiger partial charge in [-0.25, -0.2) is 9.07 Å². The summed E-state index contributed by atoms with van der Waals surface area (Å²) in [5.41, 5.74) is 1.88. The number of aromatic amines is 1. The summed E-state index contributed by atoms with van der Waals surface area (Å²) >= 11 is 0. The molecule has 0 aliphatic carbocycles. The first-order valence-electron chi connectivity index (χ1n) is 11.9. The number of halogens is 1. The minimum atomic E-state index is -0.463. The third-order valence-corrected chi connectivity index (χ3v) is 6.78. The number of nitrogens with one attached hydrogen (secondary N) is 1. The number of rotatable bonds is 5. The summed E-state index contributed by atoms with van der Waals surface area (Å²) in [5.74, 6) is 1.54. The molecule has 4 heterocycles. The second kappa shape index (κ2) is 9.32. The van der Waals surface area contributed by atoms with Gasteiger partial charge in [0, 0.05) is 43.2 Å². The highest BCUT2D eigenvalue weighted by molar-refractivity contribution is 5.83. The lowest BCUT2D eigenvalue weighted by Crippen LogP contribution is -2.47. The molecule has 0 saturated carbocycles. The molecule has 0 spiro atoms. The van der Waals surface area contributed by atoms with Crippen LogP contribution in [0.1, 0.15) is 23.0 Å². The fourth-order valence-electron chi connectivity index (χ4n) is 4.82. The Kier molecular flexibility index (Phi) is 5.86. The lowest BCUT2D eigenvalue weighted by Gasteiger charge is -2.37. The van der Waals surface area contributed by atoms with E-state index in [1.807, 2.05) is 12.1 Å². The Morgan fingerprint density at radius 1 is 1.03 bits per heavy atom. The minimum Gasteiger partial charge on any atom is -0.486 e. The number of hydrogen-bond donors (Lipinski definition) is 1. The first kappa shape index (κ1) is 22.6. The van der Waals surface area contributed by atoms with E-state index in [0.717, 1.165) is 37.1 Å². The average molecular weight is 492 g/mol. The van der Waals surface area contributed by atoms with Gasteiger partial charge in [-0.2, -0.15) is 0 Å². The molecule has 10 nitrogen and oxygen atoms in total. The fourth-order valence-corrected chi connectivity index (χ4v) is 4.82. The van der Waals surface area contributed by atoms with Crippen LogP contribution in [0.15, 0.2) is 47.3 Å². The van der Waals surface area contributed by atoms with Crippen LogP contribution in [0.4, 0.5) is 4.39 Å². The molecular weight excluding hydrogens is 465 g/mol. The number of aromatic nitrogens is 5. The van der Waals surface area contributed by atoms with Crippen molar-refractivity contribution in [2.24, 2.45) is 0 Å². The fraction of sp³-hybridized carbons (Fsp3) is 0.360. The number of likely N-dealkylation sites (N-methyl/N-ethyl adjacent to an activating group) is 1. The third-order valence-electron chi connectivity index (χ3n) is 6.78. The zero-order valence-electron chi connectivity index (χ0n) is 19.9. The maximum absolute atomic E-state index is 13.5. The molecule has 1 saturated heterocycles. The van der Waals surface area contributed by atoms with E-state index in [1.165, 1.54) is 12.1 Å². The van der Waals surface area contributed by atoms with Crippen molar-refractivity contribution in [2.45, 2.75) is 12.6 Å². The molecule has 36 heavy (non-hydrogen) atoms. The van der Waals surface area contributed by atoms with Crippen molar-refractivity contribution in [1.82, 2.24) is 35.0 Å². The second-order valence-corrected chi connectivity index (χ2v) is 9.20. The number of fused-ring (bicyclic) bond motifs is 2. The van der Waals surface area contributed by atoms with Crippen LogP contribution in [-0.2, 0) is 6.54 Å². The molecule has 1 N–H and O–H groups in total. The maximum atomic E-state index is 13.5. The summed E-state index contributed by atoms with van der Waals surface area (Å²) in [6, 6.07) is 11.4. The lowest BCUT2D eigenvalue weighted by atomic mass is 10.0. The van der Waals surface area contributed by atoms with Crippen molar-refractivity contribution in [2.75, 3.05) is 46.4 Å². The predicted molar refractivity (Wildman–Crippen MR) is 130 cm³/mol. The van der Waals surface area contributed by atoms with E-state index in [-0.39, 0.29) is 11.4 Å². The summed E-state index contributed by atoms with van der Waals surface area (Å²) in [6.07, 6.45) is 0. The van der Waals surface area contributed by atoms with Gasteiger partial charge in [-0.15, -0.1) is 5.10 Å². The Balaban J connectivity index is 1.44. The van der Waals surface area contributed by atoms with Crippen LogP contribution in [-0.4, -0.2) is 81.4 Å². The lowest BCUT2D eigenvalue weighted by molar-refractivity contribution is 0.121. The molecule has 2 aliphatic rings. The molecule has 11 heteroatoms. The Morgan fingerprint density at radius 3 is 2.50 bits per heavy atom. The van der Waals surface area contributed by atoms with E-state index < -0.39 is 6.04 Å². The molecule has 0 bridgehead atoms. The quantitative estimate of drug-likeness (QED) is 0.451. The van der Waals surface area contributed by atoms with E-state index in [9.17, 15) is 9.18 Å². The van der Waals surface area contributed by atoms with Crippen LogP contribution >= 0.6 is 0 Å². The van der Waals surface area contributed by atoms with Gasteiger partial charge in [0.15, 0.2) is 17.3 Å². The third kappa shape index (κ3) is 4.31. The van der Waals surface area contributed by atoms with Gasteiger partial charge in [0.1, 0.15) is 25.1 Å². The van der Waals surface area contributed by atoms with Gasteiger partial charge in [0.25, 0.3) is 5.56 Å². The van der Waals surface area contributed by atoms with Gasteiger partial charge in [-0.3, -0.25) is 9.69 Å². The molecule has 4 aromatic rings. The van der Waals surface area contributed by atoms with Gasteiger partial charge >= 0.3 is 0 Å².